The minimum absolute atomic E-state index is 0.189. The van der Waals surface area contributed by atoms with Crippen molar-refractivity contribution in [2.45, 2.75) is 12.8 Å². The molecule has 1 aliphatic rings. The summed E-state index contributed by atoms with van der Waals surface area (Å²) in [6.07, 6.45) is 2.47. The number of nitrogens with zero attached hydrogens (tertiary/aromatic N) is 3. The van der Waals surface area contributed by atoms with Crippen LogP contribution in [0.25, 0.3) is 0 Å². The summed E-state index contributed by atoms with van der Waals surface area (Å²) in [6.45, 7) is 0.875. The molecule has 2 rings (SSSR count). The van der Waals surface area contributed by atoms with E-state index < -0.39 is 5.97 Å². The molecule has 92 valence electrons. The fourth-order valence-electron chi connectivity index (χ4n) is 1.68. The second-order valence-corrected chi connectivity index (χ2v) is 4.61. The minimum Gasteiger partial charge on any atom is -0.465 e. The molecule has 0 bridgehead atoms. The Labute approximate surface area is 105 Å². The molecule has 0 aromatic carbocycles. The van der Waals surface area contributed by atoms with Gasteiger partial charge in [0.2, 0.25) is 0 Å². The zero-order valence-corrected chi connectivity index (χ0v) is 10.6. The number of hydrogen-bond donors (Lipinski definition) is 0. The molecule has 1 saturated carbocycles. The zero-order valence-electron chi connectivity index (χ0n) is 9.81. The van der Waals surface area contributed by atoms with Crippen LogP contribution in [0.3, 0.4) is 0 Å². The highest BCUT2D eigenvalue weighted by Crippen LogP contribution is 2.31. The van der Waals surface area contributed by atoms with Crippen LogP contribution in [-0.4, -0.2) is 36.9 Å². The molecule has 0 spiro atoms. The fourth-order valence-corrected chi connectivity index (χ4v) is 1.82. The van der Waals surface area contributed by atoms with Crippen molar-refractivity contribution >= 4 is 23.4 Å². The third kappa shape index (κ3) is 2.85. The number of carbonyl (C=O) groups excluding carboxylic acids is 1. The van der Waals surface area contributed by atoms with Crippen molar-refractivity contribution in [3.63, 3.8) is 0 Å². The molecule has 5 nitrogen and oxygen atoms in total. The first kappa shape index (κ1) is 12.1. The quantitative estimate of drug-likeness (QED) is 0.768. The van der Waals surface area contributed by atoms with Gasteiger partial charge < -0.3 is 9.64 Å². The van der Waals surface area contributed by atoms with E-state index >= 15 is 0 Å². The summed E-state index contributed by atoms with van der Waals surface area (Å²) in [6, 6.07) is 1.49. The normalized spacial score (nSPS) is 14.5. The van der Waals surface area contributed by atoms with Gasteiger partial charge in [0, 0.05) is 13.6 Å². The van der Waals surface area contributed by atoms with E-state index in [1.54, 1.807) is 0 Å². The van der Waals surface area contributed by atoms with E-state index in [4.69, 9.17) is 16.3 Å². The van der Waals surface area contributed by atoms with Gasteiger partial charge in [-0.3, -0.25) is 0 Å². The summed E-state index contributed by atoms with van der Waals surface area (Å²) in [5.74, 6) is 0.774. The maximum Gasteiger partial charge on any atom is 0.341 e. The van der Waals surface area contributed by atoms with Crippen molar-refractivity contribution < 1.29 is 9.53 Å². The van der Waals surface area contributed by atoms with Gasteiger partial charge in [0.1, 0.15) is 5.56 Å². The summed E-state index contributed by atoms with van der Waals surface area (Å²) < 4.78 is 4.71. The van der Waals surface area contributed by atoms with Crippen LogP contribution >= 0.6 is 11.6 Å². The van der Waals surface area contributed by atoms with Crippen LogP contribution in [-0.2, 0) is 4.74 Å². The molecule has 17 heavy (non-hydrogen) atoms. The molecule has 0 unspecified atom stereocenters. The Bertz CT molecular complexity index is 435. The van der Waals surface area contributed by atoms with Crippen LogP contribution in [0, 0.1) is 5.92 Å². The van der Waals surface area contributed by atoms with Gasteiger partial charge in [0.25, 0.3) is 0 Å². The lowest BCUT2D eigenvalue weighted by Crippen LogP contribution is -2.24. The Balaban J connectivity index is 2.26. The van der Waals surface area contributed by atoms with E-state index in [9.17, 15) is 4.79 Å². The van der Waals surface area contributed by atoms with E-state index in [0.29, 0.717) is 17.3 Å². The molecule has 1 aromatic rings. The zero-order chi connectivity index (χ0) is 12.4. The third-order valence-corrected chi connectivity index (χ3v) is 2.93. The summed E-state index contributed by atoms with van der Waals surface area (Å²) in [5.41, 5.74) is 0.357. The maximum absolute atomic E-state index is 11.6. The predicted molar refractivity (Wildman–Crippen MR) is 64.4 cm³/mol. The predicted octanol–water partition coefficient (Wildman–Crippen LogP) is 1.76. The number of halogens is 1. The molecule has 1 fully saturated rings. The Morgan fingerprint density at radius 3 is 2.88 bits per heavy atom. The van der Waals surface area contributed by atoms with Crippen LogP contribution in [0.4, 0.5) is 5.82 Å². The lowest BCUT2D eigenvalue weighted by molar-refractivity contribution is 0.0601. The van der Waals surface area contributed by atoms with Gasteiger partial charge >= 0.3 is 5.97 Å². The highest BCUT2D eigenvalue weighted by molar-refractivity contribution is 6.29. The second-order valence-electron chi connectivity index (χ2n) is 4.22. The fraction of sp³-hybridized carbons (Fsp3) is 0.545. The molecule has 0 amide bonds. The highest BCUT2D eigenvalue weighted by Gasteiger charge is 2.26. The van der Waals surface area contributed by atoms with Gasteiger partial charge in [0.15, 0.2) is 11.0 Å². The van der Waals surface area contributed by atoms with Crippen LogP contribution in [0.5, 0.6) is 0 Å². The van der Waals surface area contributed by atoms with E-state index in [-0.39, 0.29) is 5.15 Å². The number of carbonyl (C=O) groups is 1. The van der Waals surface area contributed by atoms with Gasteiger partial charge in [-0.2, -0.15) is 0 Å². The first-order valence-electron chi connectivity index (χ1n) is 5.44. The van der Waals surface area contributed by atoms with Crippen molar-refractivity contribution in [2.75, 3.05) is 25.6 Å². The van der Waals surface area contributed by atoms with Crippen molar-refractivity contribution in [2.24, 2.45) is 5.92 Å². The number of hydrogen-bond acceptors (Lipinski definition) is 5. The van der Waals surface area contributed by atoms with Crippen LogP contribution < -0.4 is 4.90 Å². The Hall–Kier alpha value is -1.36. The first-order chi connectivity index (χ1) is 8.11. The average molecular weight is 256 g/mol. The molecule has 0 aliphatic heterocycles. The number of esters is 1. The van der Waals surface area contributed by atoms with E-state index in [1.165, 1.54) is 26.0 Å². The van der Waals surface area contributed by atoms with Gasteiger partial charge in [-0.05, 0) is 24.8 Å². The second kappa shape index (κ2) is 4.87. The topological polar surface area (TPSA) is 55.3 Å². The first-order valence-corrected chi connectivity index (χ1v) is 5.82. The minimum atomic E-state index is -0.445. The Morgan fingerprint density at radius 1 is 1.59 bits per heavy atom. The van der Waals surface area contributed by atoms with Crippen LogP contribution in [0.2, 0.25) is 5.15 Å². The van der Waals surface area contributed by atoms with Crippen LogP contribution in [0.15, 0.2) is 6.07 Å². The number of ether oxygens (including phenoxy) is 1. The van der Waals surface area contributed by atoms with Crippen molar-refractivity contribution in [3.8, 4) is 0 Å². The number of aromatic nitrogens is 2. The molecule has 1 aliphatic carbocycles. The smallest absolute Gasteiger partial charge is 0.341 e. The summed E-state index contributed by atoms with van der Waals surface area (Å²) in [4.78, 5) is 13.5. The molecule has 0 N–H and O–H groups in total. The molecule has 0 saturated heterocycles. The number of anilines is 1. The monoisotopic (exact) mass is 255 g/mol. The van der Waals surface area contributed by atoms with Gasteiger partial charge in [-0.25, -0.2) is 4.79 Å². The summed E-state index contributed by atoms with van der Waals surface area (Å²) in [5, 5.41) is 7.93. The van der Waals surface area contributed by atoms with E-state index in [2.05, 4.69) is 10.2 Å². The molecular formula is C11H14ClN3O2. The molecule has 1 aromatic heterocycles. The Morgan fingerprint density at radius 2 is 2.29 bits per heavy atom. The molecule has 6 heteroatoms. The lowest BCUT2D eigenvalue weighted by Gasteiger charge is -2.19. The summed E-state index contributed by atoms with van der Waals surface area (Å²) in [7, 11) is 3.23. The van der Waals surface area contributed by atoms with Gasteiger partial charge in [0.05, 0.1) is 7.11 Å². The molecular weight excluding hydrogens is 242 g/mol. The van der Waals surface area contributed by atoms with Gasteiger partial charge in [-0.15, -0.1) is 10.2 Å². The van der Waals surface area contributed by atoms with E-state index in [1.807, 2.05) is 11.9 Å². The van der Waals surface area contributed by atoms with Crippen LogP contribution in [0.1, 0.15) is 23.2 Å². The number of methoxy groups -OCH3 is 1. The lowest BCUT2D eigenvalue weighted by atomic mass is 10.2. The van der Waals surface area contributed by atoms with Crippen molar-refractivity contribution in [3.05, 3.63) is 16.8 Å². The van der Waals surface area contributed by atoms with Crippen molar-refractivity contribution in [1.29, 1.82) is 0 Å². The van der Waals surface area contributed by atoms with E-state index in [0.717, 1.165) is 6.54 Å². The Kier molecular flexibility index (Phi) is 3.47. The van der Waals surface area contributed by atoms with Gasteiger partial charge in [-0.1, -0.05) is 11.6 Å². The largest absolute Gasteiger partial charge is 0.465 e. The van der Waals surface area contributed by atoms with Crippen molar-refractivity contribution in [1.82, 2.24) is 10.2 Å². The maximum atomic E-state index is 11.6. The standard InChI is InChI=1S/C11H14ClN3O2/c1-15(6-7-3-4-7)10-8(11(16)17-2)5-9(12)13-14-10/h5,7H,3-4,6H2,1-2H3. The molecule has 1 heterocycles. The average Bonchev–Trinajstić information content (AvgIpc) is 3.11. The summed E-state index contributed by atoms with van der Waals surface area (Å²) >= 11 is 5.74. The molecule has 0 radical (unpaired) electrons. The highest BCUT2D eigenvalue weighted by atomic mass is 35.5. The SMILES string of the molecule is COC(=O)c1cc(Cl)nnc1N(C)CC1CC1. The third-order valence-electron chi connectivity index (χ3n) is 2.74. The number of rotatable bonds is 4. The molecule has 0 atom stereocenters.